The van der Waals surface area contributed by atoms with E-state index in [4.69, 9.17) is 16.3 Å². The number of rotatable bonds is 2. The van der Waals surface area contributed by atoms with E-state index in [-0.39, 0.29) is 18.0 Å². The van der Waals surface area contributed by atoms with Gasteiger partial charge < -0.3 is 0 Å². The molecule has 0 radical (unpaired) electrons. The van der Waals surface area contributed by atoms with Gasteiger partial charge in [-0.1, -0.05) is 0 Å². The van der Waals surface area contributed by atoms with Crippen molar-refractivity contribution in [3.63, 3.8) is 0 Å². The normalized spacial score (nSPS) is 19.4. The van der Waals surface area contributed by atoms with Crippen molar-refractivity contribution in [1.82, 2.24) is 0 Å². The van der Waals surface area contributed by atoms with Crippen molar-refractivity contribution in [3.05, 3.63) is 29.8 Å². The maximum atomic E-state index is 11.1. The molecule has 80 valence electrons. The van der Waals surface area contributed by atoms with E-state index in [0.29, 0.717) is 15.0 Å². The minimum absolute atomic E-state index is 0.0657. The summed E-state index contributed by atoms with van der Waals surface area (Å²) in [6, 6.07) is 8.19. The number of hydrogen-bond acceptors (Lipinski definition) is 2. The molecular formula is C11H11ClO2Se. The first-order chi connectivity index (χ1) is 7.31. The number of alkyl halides is 1. The molecule has 0 aliphatic carbocycles. The average Bonchev–Trinajstić information content (AvgIpc) is 2.29. The molecule has 1 aromatic rings. The van der Waals surface area contributed by atoms with E-state index in [9.17, 15) is 4.79 Å². The quantitative estimate of drug-likeness (QED) is 0.470. The Bertz CT molecular complexity index is 367. The van der Waals surface area contributed by atoms with Crippen LogP contribution in [0.3, 0.4) is 0 Å². The topological polar surface area (TPSA) is 26.3 Å². The van der Waals surface area contributed by atoms with Crippen LogP contribution in [0.4, 0.5) is 0 Å². The molecule has 0 saturated heterocycles. The second kappa shape index (κ2) is 5.02. The number of esters is 1. The summed E-state index contributed by atoms with van der Waals surface area (Å²) >= 11 is 5.96. The second-order valence-corrected chi connectivity index (χ2v) is 5.94. The molecule has 1 aliphatic heterocycles. The standard InChI is InChI=1S/C11H11ClO2Se/c12-7-11(13)14-9-5-6-15-10-4-2-1-3-8(9)10/h1-4,9H,5-7H2. The molecule has 1 heterocycles. The Hall–Kier alpha value is -0.501. The Morgan fingerprint density at radius 1 is 1.53 bits per heavy atom. The summed E-state index contributed by atoms with van der Waals surface area (Å²) in [5.74, 6) is -0.394. The third kappa shape index (κ3) is 2.54. The Balaban J connectivity index is 2.18. The predicted molar refractivity (Wildman–Crippen MR) is 60.8 cm³/mol. The van der Waals surface area contributed by atoms with Crippen LogP contribution in [0.1, 0.15) is 18.1 Å². The van der Waals surface area contributed by atoms with Crippen LogP contribution >= 0.6 is 11.6 Å². The Morgan fingerprint density at radius 3 is 3.13 bits per heavy atom. The fourth-order valence-corrected chi connectivity index (χ4v) is 3.98. The fourth-order valence-electron chi connectivity index (χ4n) is 1.62. The van der Waals surface area contributed by atoms with Gasteiger partial charge in [-0.05, 0) is 0 Å². The number of carbonyl (C=O) groups excluding carboxylic acids is 1. The third-order valence-electron chi connectivity index (χ3n) is 2.29. The van der Waals surface area contributed by atoms with Crippen LogP contribution in [0.25, 0.3) is 0 Å². The number of ether oxygens (including phenoxy) is 1. The molecule has 0 fully saturated rings. The summed E-state index contributed by atoms with van der Waals surface area (Å²) in [4.78, 5) is 11.1. The van der Waals surface area contributed by atoms with Gasteiger partial charge in [-0.15, -0.1) is 0 Å². The first-order valence-corrected chi connectivity index (χ1v) is 7.38. The van der Waals surface area contributed by atoms with Gasteiger partial charge in [0.1, 0.15) is 0 Å². The third-order valence-corrected chi connectivity index (χ3v) is 4.86. The molecule has 0 N–H and O–H groups in total. The summed E-state index contributed by atoms with van der Waals surface area (Å²) in [5, 5.41) is 1.13. The maximum absolute atomic E-state index is 11.1. The summed E-state index contributed by atoms with van der Waals surface area (Å²) < 4.78 is 6.66. The Morgan fingerprint density at radius 2 is 2.33 bits per heavy atom. The number of benzene rings is 1. The molecule has 1 atom stereocenters. The molecule has 1 unspecified atom stereocenters. The number of hydrogen-bond donors (Lipinski definition) is 0. The van der Waals surface area contributed by atoms with Crippen LogP contribution < -0.4 is 4.46 Å². The van der Waals surface area contributed by atoms with Crippen LogP contribution in [-0.4, -0.2) is 26.8 Å². The number of carbonyl (C=O) groups is 1. The molecule has 0 saturated carbocycles. The van der Waals surface area contributed by atoms with Gasteiger partial charge in [-0.2, -0.15) is 0 Å². The van der Waals surface area contributed by atoms with E-state index in [1.54, 1.807) is 0 Å². The van der Waals surface area contributed by atoms with E-state index in [0.717, 1.165) is 11.7 Å². The second-order valence-electron chi connectivity index (χ2n) is 3.29. The average molecular weight is 290 g/mol. The van der Waals surface area contributed by atoms with E-state index < -0.39 is 0 Å². The molecule has 1 aromatic carbocycles. The summed E-state index contributed by atoms with van der Waals surface area (Å²) in [6.45, 7) is 0. The summed E-state index contributed by atoms with van der Waals surface area (Å²) in [5.41, 5.74) is 1.17. The minimum atomic E-state index is -0.328. The zero-order valence-corrected chi connectivity index (χ0v) is 10.6. The van der Waals surface area contributed by atoms with Crippen molar-refractivity contribution < 1.29 is 9.53 Å². The van der Waals surface area contributed by atoms with Crippen LogP contribution in [0.15, 0.2) is 24.3 Å². The molecule has 0 aromatic heterocycles. The molecule has 2 rings (SSSR count). The van der Waals surface area contributed by atoms with Crippen LogP contribution in [0, 0.1) is 0 Å². The molecule has 1 aliphatic rings. The predicted octanol–water partition coefficient (Wildman–Crippen LogP) is 1.66. The Labute approximate surface area is 100 Å². The first kappa shape index (κ1) is 11.0. The van der Waals surface area contributed by atoms with Crippen molar-refractivity contribution in [3.8, 4) is 0 Å². The first-order valence-electron chi connectivity index (χ1n) is 4.78. The van der Waals surface area contributed by atoms with Gasteiger partial charge in [-0.25, -0.2) is 0 Å². The zero-order chi connectivity index (χ0) is 10.7. The Kier molecular flexibility index (Phi) is 3.68. The fraction of sp³-hybridized carbons (Fsp3) is 0.364. The summed E-state index contributed by atoms with van der Waals surface area (Å²) in [7, 11) is 0. The van der Waals surface area contributed by atoms with E-state index >= 15 is 0 Å². The van der Waals surface area contributed by atoms with Crippen LogP contribution in [0.5, 0.6) is 0 Å². The van der Waals surface area contributed by atoms with E-state index in [1.807, 2.05) is 18.2 Å². The summed E-state index contributed by atoms with van der Waals surface area (Å²) in [6.07, 6.45) is 0.850. The van der Waals surface area contributed by atoms with Gasteiger partial charge in [0, 0.05) is 0 Å². The molecule has 0 amide bonds. The van der Waals surface area contributed by atoms with Crippen molar-refractivity contribution in [2.75, 3.05) is 5.88 Å². The molecular weight excluding hydrogens is 279 g/mol. The number of fused-ring (bicyclic) bond motifs is 1. The van der Waals surface area contributed by atoms with E-state index in [2.05, 4.69) is 6.07 Å². The number of halogens is 1. The van der Waals surface area contributed by atoms with Gasteiger partial charge in [-0.3, -0.25) is 0 Å². The zero-order valence-electron chi connectivity index (χ0n) is 8.11. The SMILES string of the molecule is O=C(CCl)OC1CC[Se]c2ccccc21. The van der Waals surface area contributed by atoms with Crippen molar-refractivity contribution >= 4 is 37.0 Å². The molecule has 15 heavy (non-hydrogen) atoms. The van der Waals surface area contributed by atoms with Gasteiger partial charge in [0.2, 0.25) is 0 Å². The van der Waals surface area contributed by atoms with Gasteiger partial charge in [0.05, 0.1) is 0 Å². The molecule has 4 heteroatoms. The van der Waals surface area contributed by atoms with Crippen molar-refractivity contribution in [2.24, 2.45) is 0 Å². The van der Waals surface area contributed by atoms with E-state index in [1.165, 1.54) is 10.0 Å². The monoisotopic (exact) mass is 290 g/mol. The molecule has 0 bridgehead atoms. The van der Waals surface area contributed by atoms with Gasteiger partial charge in [0.15, 0.2) is 0 Å². The van der Waals surface area contributed by atoms with Crippen molar-refractivity contribution in [2.45, 2.75) is 17.8 Å². The van der Waals surface area contributed by atoms with Gasteiger partial charge in [0.25, 0.3) is 0 Å². The molecule has 2 nitrogen and oxygen atoms in total. The van der Waals surface area contributed by atoms with Crippen LogP contribution in [0.2, 0.25) is 5.32 Å². The van der Waals surface area contributed by atoms with Crippen molar-refractivity contribution in [1.29, 1.82) is 0 Å². The van der Waals surface area contributed by atoms with Crippen LogP contribution in [-0.2, 0) is 9.53 Å². The van der Waals surface area contributed by atoms with Gasteiger partial charge >= 0.3 is 100 Å². The molecule has 0 spiro atoms.